The first-order chi connectivity index (χ1) is 13.7. The number of hydrazone groups is 1. The van der Waals surface area contributed by atoms with Crippen molar-refractivity contribution in [2.75, 3.05) is 4.72 Å². The zero-order chi connectivity index (χ0) is 21.0. The Morgan fingerprint density at radius 3 is 2.62 bits per heavy atom. The van der Waals surface area contributed by atoms with E-state index in [4.69, 9.17) is 0 Å². The van der Waals surface area contributed by atoms with E-state index in [2.05, 4.69) is 31.2 Å². The van der Waals surface area contributed by atoms with Gasteiger partial charge in [-0.25, -0.2) is 13.8 Å². The van der Waals surface area contributed by atoms with Crippen LogP contribution in [0.4, 0.5) is 5.69 Å². The fourth-order valence-electron chi connectivity index (χ4n) is 2.55. The van der Waals surface area contributed by atoms with Crippen molar-refractivity contribution in [3.05, 3.63) is 80.0 Å². The molecule has 0 aliphatic heterocycles. The molecule has 6 nitrogen and oxygen atoms in total. The number of halogens is 1. The first kappa shape index (κ1) is 21.2. The van der Waals surface area contributed by atoms with Gasteiger partial charge in [-0.2, -0.15) is 5.10 Å². The Kier molecular flexibility index (Phi) is 6.51. The van der Waals surface area contributed by atoms with E-state index in [0.717, 1.165) is 20.5 Å². The minimum absolute atomic E-state index is 0.00343. The minimum Gasteiger partial charge on any atom is -0.279 e. The van der Waals surface area contributed by atoms with Gasteiger partial charge >= 0.3 is 0 Å². The number of aryl methyl sites for hydroxylation is 2. The van der Waals surface area contributed by atoms with Gasteiger partial charge < -0.3 is 0 Å². The summed E-state index contributed by atoms with van der Waals surface area (Å²) in [5, 5.41) is 5.81. The number of amides is 1. The molecule has 0 atom stereocenters. The molecule has 0 aliphatic rings. The molecule has 3 aromatic rings. The van der Waals surface area contributed by atoms with E-state index >= 15 is 0 Å². The number of thiophene rings is 1. The van der Waals surface area contributed by atoms with Crippen molar-refractivity contribution in [1.29, 1.82) is 0 Å². The molecule has 150 valence electrons. The van der Waals surface area contributed by atoms with Crippen LogP contribution in [0.25, 0.3) is 0 Å². The molecule has 0 fully saturated rings. The molecule has 1 heterocycles. The Labute approximate surface area is 181 Å². The monoisotopic (exact) mass is 491 g/mol. The van der Waals surface area contributed by atoms with Crippen LogP contribution in [0.3, 0.4) is 0 Å². The van der Waals surface area contributed by atoms with Gasteiger partial charge in [-0.05, 0) is 65.7 Å². The quantitative estimate of drug-likeness (QED) is 0.387. The van der Waals surface area contributed by atoms with Gasteiger partial charge in [0.15, 0.2) is 0 Å². The van der Waals surface area contributed by atoms with Gasteiger partial charge in [0.2, 0.25) is 0 Å². The molecule has 9 heteroatoms. The first-order valence-corrected chi connectivity index (χ1v) is 11.7. The second-order valence-electron chi connectivity index (χ2n) is 6.32. The third-order valence-electron chi connectivity index (χ3n) is 3.98. The summed E-state index contributed by atoms with van der Waals surface area (Å²) in [6, 6.07) is 13.1. The summed E-state index contributed by atoms with van der Waals surface area (Å²) < 4.78 is 29.0. The lowest BCUT2D eigenvalue weighted by Crippen LogP contribution is -2.19. The maximum absolute atomic E-state index is 12.7. The molecule has 0 radical (unpaired) electrons. The number of anilines is 1. The predicted octanol–water partition coefficient (Wildman–Crippen LogP) is 4.69. The highest BCUT2D eigenvalue weighted by Gasteiger charge is 2.17. The highest BCUT2D eigenvalue weighted by molar-refractivity contribution is 9.10. The number of nitrogens with zero attached hydrogens (tertiary/aromatic N) is 1. The van der Waals surface area contributed by atoms with Crippen LogP contribution in [0.15, 0.2) is 68.4 Å². The number of carbonyl (C=O) groups is 1. The Hall–Kier alpha value is -2.49. The van der Waals surface area contributed by atoms with Crippen molar-refractivity contribution < 1.29 is 13.2 Å². The number of benzene rings is 2. The van der Waals surface area contributed by atoms with E-state index in [0.29, 0.717) is 5.69 Å². The van der Waals surface area contributed by atoms with E-state index in [1.54, 1.807) is 6.07 Å². The number of rotatable bonds is 6. The molecule has 1 aromatic heterocycles. The molecule has 0 aliphatic carbocycles. The van der Waals surface area contributed by atoms with Crippen molar-refractivity contribution in [1.82, 2.24) is 5.43 Å². The molecule has 3 rings (SSSR count). The average Bonchev–Trinajstić information content (AvgIpc) is 3.09. The molecule has 0 unspecified atom stereocenters. The summed E-state index contributed by atoms with van der Waals surface area (Å²) in [4.78, 5) is 13.2. The highest BCUT2D eigenvalue weighted by atomic mass is 79.9. The molecule has 0 saturated heterocycles. The SMILES string of the molecule is Cc1ccc(NS(=O)(=O)c2cccc(C(=O)N/N=C/c3cc(Br)cs3)c2)c(C)c1. The number of sulfonamides is 1. The molecule has 0 bridgehead atoms. The number of nitrogens with one attached hydrogen (secondary N) is 2. The first-order valence-electron chi connectivity index (χ1n) is 8.52. The molecule has 29 heavy (non-hydrogen) atoms. The zero-order valence-corrected chi connectivity index (χ0v) is 18.9. The van der Waals surface area contributed by atoms with Gasteiger partial charge in [0.25, 0.3) is 15.9 Å². The van der Waals surface area contributed by atoms with Crippen molar-refractivity contribution in [3.63, 3.8) is 0 Å². The van der Waals surface area contributed by atoms with Crippen molar-refractivity contribution in [2.24, 2.45) is 5.10 Å². The van der Waals surface area contributed by atoms with Crippen LogP contribution in [-0.4, -0.2) is 20.5 Å². The maximum atomic E-state index is 12.7. The lowest BCUT2D eigenvalue weighted by atomic mass is 10.1. The lowest BCUT2D eigenvalue weighted by molar-refractivity contribution is 0.0955. The van der Waals surface area contributed by atoms with Gasteiger partial charge in [0.05, 0.1) is 16.8 Å². The van der Waals surface area contributed by atoms with Crippen LogP contribution in [0.1, 0.15) is 26.4 Å². The van der Waals surface area contributed by atoms with Gasteiger partial charge in [-0.1, -0.05) is 23.8 Å². The minimum atomic E-state index is -3.84. The Morgan fingerprint density at radius 1 is 1.14 bits per heavy atom. The van der Waals surface area contributed by atoms with Crippen molar-refractivity contribution >= 4 is 55.1 Å². The van der Waals surface area contributed by atoms with Crippen molar-refractivity contribution in [3.8, 4) is 0 Å². The molecule has 2 N–H and O–H groups in total. The number of carbonyl (C=O) groups excluding carboxylic acids is 1. The normalized spacial score (nSPS) is 11.6. The fourth-order valence-corrected chi connectivity index (χ4v) is 5.03. The number of hydrogen-bond donors (Lipinski definition) is 2. The Morgan fingerprint density at radius 2 is 1.93 bits per heavy atom. The number of hydrogen-bond acceptors (Lipinski definition) is 5. The second-order valence-corrected chi connectivity index (χ2v) is 9.86. The van der Waals surface area contributed by atoms with Crippen LogP contribution >= 0.6 is 27.3 Å². The van der Waals surface area contributed by atoms with Crippen LogP contribution in [-0.2, 0) is 10.0 Å². The van der Waals surface area contributed by atoms with Gasteiger partial charge in [0, 0.05) is 20.3 Å². The van der Waals surface area contributed by atoms with E-state index in [1.165, 1.54) is 41.8 Å². The van der Waals surface area contributed by atoms with Crippen LogP contribution in [0.2, 0.25) is 0 Å². The van der Waals surface area contributed by atoms with E-state index in [9.17, 15) is 13.2 Å². The molecule has 2 aromatic carbocycles. The summed E-state index contributed by atoms with van der Waals surface area (Å²) in [5.74, 6) is -0.500. The Bertz CT molecular complexity index is 1190. The third-order valence-corrected chi connectivity index (χ3v) is 6.97. The predicted molar refractivity (Wildman–Crippen MR) is 120 cm³/mol. The van der Waals surface area contributed by atoms with Gasteiger partial charge in [0.1, 0.15) is 0 Å². The second kappa shape index (κ2) is 8.89. The molecule has 1 amide bonds. The highest BCUT2D eigenvalue weighted by Crippen LogP contribution is 2.21. The third kappa shape index (κ3) is 5.53. The van der Waals surface area contributed by atoms with E-state index in [-0.39, 0.29) is 10.5 Å². The average molecular weight is 492 g/mol. The molecular formula is C20H18BrN3O3S2. The maximum Gasteiger partial charge on any atom is 0.271 e. The summed E-state index contributed by atoms with van der Waals surface area (Å²) in [6.45, 7) is 3.77. The summed E-state index contributed by atoms with van der Waals surface area (Å²) in [7, 11) is -3.84. The van der Waals surface area contributed by atoms with Gasteiger partial charge in [-0.3, -0.25) is 9.52 Å². The fraction of sp³-hybridized carbons (Fsp3) is 0.100. The standard InChI is InChI=1S/C20H18BrN3O3S2/c1-13-6-7-19(14(2)8-13)24-29(26,27)18-5-3-4-15(9-18)20(25)23-22-11-17-10-16(21)12-28-17/h3-12,24H,1-2H3,(H,23,25)/b22-11+. The molecule has 0 spiro atoms. The van der Waals surface area contributed by atoms with Crippen molar-refractivity contribution in [2.45, 2.75) is 18.7 Å². The van der Waals surface area contributed by atoms with E-state index < -0.39 is 15.9 Å². The lowest BCUT2D eigenvalue weighted by Gasteiger charge is -2.12. The van der Waals surface area contributed by atoms with Crippen LogP contribution in [0.5, 0.6) is 0 Å². The van der Waals surface area contributed by atoms with E-state index in [1.807, 2.05) is 37.4 Å². The van der Waals surface area contributed by atoms with Crippen LogP contribution in [0, 0.1) is 13.8 Å². The van der Waals surface area contributed by atoms with Crippen LogP contribution < -0.4 is 10.1 Å². The smallest absolute Gasteiger partial charge is 0.271 e. The summed E-state index contributed by atoms with van der Waals surface area (Å²) in [5.41, 5.74) is 4.95. The topological polar surface area (TPSA) is 87.6 Å². The molecule has 0 saturated carbocycles. The molecular weight excluding hydrogens is 474 g/mol. The van der Waals surface area contributed by atoms with Gasteiger partial charge in [-0.15, -0.1) is 11.3 Å². The summed E-state index contributed by atoms with van der Waals surface area (Å²) >= 11 is 4.82. The summed E-state index contributed by atoms with van der Waals surface area (Å²) in [6.07, 6.45) is 1.52. The largest absolute Gasteiger partial charge is 0.279 e. The Balaban J connectivity index is 1.75. The zero-order valence-electron chi connectivity index (χ0n) is 15.6.